The van der Waals surface area contributed by atoms with Gasteiger partial charge in [-0.3, -0.25) is 9.59 Å². The smallest absolute Gasteiger partial charge is 0.223 e. The number of methoxy groups -OCH3 is 1. The molecular formula is C17H24N2O3. The van der Waals surface area contributed by atoms with E-state index in [2.05, 4.69) is 0 Å². The standard InChI is InChI=1S/C17H24N2O3/c1-12-6-8-14(17(18)21)11-19(12)16(20)9-7-13-4-3-5-15(10-13)22-2/h3-5,10,12,14H,6-9,11H2,1-2H3,(H2,18,21)/t12-,14-/m1/s1. The Labute approximate surface area is 131 Å². The van der Waals surface area contributed by atoms with Crippen LogP contribution < -0.4 is 10.5 Å². The third kappa shape index (κ3) is 4.00. The molecule has 1 heterocycles. The molecule has 0 radical (unpaired) electrons. The summed E-state index contributed by atoms with van der Waals surface area (Å²) < 4.78 is 5.19. The van der Waals surface area contributed by atoms with Crippen molar-refractivity contribution in [3.63, 3.8) is 0 Å². The van der Waals surface area contributed by atoms with Crippen LogP contribution in [0, 0.1) is 5.92 Å². The average molecular weight is 304 g/mol. The fourth-order valence-corrected chi connectivity index (χ4v) is 2.91. The zero-order valence-corrected chi connectivity index (χ0v) is 13.2. The summed E-state index contributed by atoms with van der Waals surface area (Å²) >= 11 is 0. The van der Waals surface area contributed by atoms with Crippen LogP contribution in [-0.2, 0) is 16.0 Å². The van der Waals surface area contributed by atoms with Gasteiger partial charge in [0.05, 0.1) is 13.0 Å². The molecule has 2 N–H and O–H groups in total. The van der Waals surface area contributed by atoms with Crippen LogP contribution >= 0.6 is 0 Å². The Morgan fingerprint density at radius 2 is 2.14 bits per heavy atom. The van der Waals surface area contributed by atoms with E-state index in [1.54, 1.807) is 12.0 Å². The van der Waals surface area contributed by atoms with Crippen molar-refractivity contribution in [2.45, 2.75) is 38.6 Å². The molecule has 1 aromatic carbocycles. The molecule has 2 atom stereocenters. The van der Waals surface area contributed by atoms with E-state index in [9.17, 15) is 9.59 Å². The highest BCUT2D eigenvalue weighted by atomic mass is 16.5. The first-order valence-electron chi connectivity index (χ1n) is 7.73. The van der Waals surface area contributed by atoms with Crippen LogP contribution in [-0.4, -0.2) is 36.4 Å². The number of nitrogens with zero attached hydrogens (tertiary/aromatic N) is 1. The van der Waals surface area contributed by atoms with Gasteiger partial charge in [0, 0.05) is 19.0 Å². The minimum atomic E-state index is -0.308. The second-order valence-corrected chi connectivity index (χ2v) is 5.92. The van der Waals surface area contributed by atoms with Crippen molar-refractivity contribution in [3.8, 4) is 5.75 Å². The lowest BCUT2D eigenvalue weighted by atomic mass is 9.92. The third-order valence-electron chi connectivity index (χ3n) is 4.37. The van der Waals surface area contributed by atoms with Crippen LogP contribution in [0.15, 0.2) is 24.3 Å². The maximum absolute atomic E-state index is 12.4. The summed E-state index contributed by atoms with van der Waals surface area (Å²) in [5, 5.41) is 0. The lowest BCUT2D eigenvalue weighted by molar-refractivity contribution is -0.137. The van der Waals surface area contributed by atoms with E-state index in [4.69, 9.17) is 10.5 Å². The van der Waals surface area contributed by atoms with Gasteiger partial charge >= 0.3 is 0 Å². The van der Waals surface area contributed by atoms with Gasteiger partial charge in [-0.1, -0.05) is 12.1 Å². The molecule has 2 rings (SSSR count). The topological polar surface area (TPSA) is 72.6 Å². The van der Waals surface area contributed by atoms with Crippen molar-refractivity contribution in [1.82, 2.24) is 4.90 Å². The van der Waals surface area contributed by atoms with Gasteiger partial charge < -0.3 is 15.4 Å². The largest absolute Gasteiger partial charge is 0.497 e. The van der Waals surface area contributed by atoms with Crippen LogP contribution in [0.3, 0.4) is 0 Å². The zero-order chi connectivity index (χ0) is 16.1. The first kappa shape index (κ1) is 16.3. The van der Waals surface area contributed by atoms with E-state index in [-0.39, 0.29) is 23.8 Å². The number of ether oxygens (including phenoxy) is 1. The van der Waals surface area contributed by atoms with E-state index >= 15 is 0 Å². The number of likely N-dealkylation sites (tertiary alicyclic amines) is 1. The number of amides is 2. The number of primary amides is 1. The van der Waals surface area contributed by atoms with Crippen LogP contribution in [0.4, 0.5) is 0 Å². The van der Waals surface area contributed by atoms with E-state index in [1.165, 1.54) is 0 Å². The van der Waals surface area contributed by atoms with E-state index in [1.807, 2.05) is 31.2 Å². The Hall–Kier alpha value is -2.04. The molecule has 0 aromatic heterocycles. The first-order valence-corrected chi connectivity index (χ1v) is 7.73. The van der Waals surface area contributed by atoms with Gasteiger partial charge in [-0.25, -0.2) is 0 Å². The molecule has 1 aromatic rings. The van der Waals surface area contributed by atoms with Gasteiger partial charge in [0.2, 0.25) is 11.8 Å². The molecule has 5 nitrogen and oxygen atoms in total. The van der Waals surface area contributed by atoms with E-state index in [0.29, 0.717) is 19.4 Å². The molecule has 1 aliphatic heterocycles. The maximum atomic E-state index is 12.4. The molecule has 2 amide bonds. The summed E-state index contributed by atoms with van der Waals surface area (Å²) in [5.41, 5.74) is 6.45. The highest BCUT2D eigenvalue weighted by Crippen LogP contribution is 2.23. The van der Waals surface area contributed by atoms with Crippen LogP contribution in [0.25, 0.3) is 0 Å². The molecule has 0 saturated carbocycles. The summed E-state index contributed by atoms with van der Waals surface area (Å²) in [6.45, 7) is 2.48. The van der Waals surface area contributed by atoms with Crippen molar-refractivity contribution < 1.29 is 14.3 Å². The number of carbonyl (C=O) groups excluding carboxylic acids is 2. The predicted octanol–water partition coefficient (Wildman–Crippen LogP) is 1.74. The van der Waals surface area contributed by atoms with Gasteiger partial charge in [0.25, 0.3) is 0 Å². The first-order chi connectivity index (χ1) is 10.5. The molecule has 1 fully saturated rings. The van der Waals surface area contributed by atoms with Crippen molar-refractivity contribution >= 4 is 11.8 Å². The minimum absolute atomic E-state index is 0.0845. The molecule has 1 saturated heterocycles. The molecular weight excluding hydrogens is 280 g/mol. The molecule has 5 heteroatoms. The Bertz CT molecular complexity index is 544. The van der Waals surface area contributed by atoms with Crippen molar-refractivity contribution in [2.24, 2.45) is 11.7 Å². The Morgan fingerprint density at radius 3 is 2.82 bits per heavy atom. The second kappa shape index (κ2) is 7.29. The molecule has 0 aliphatic carbocycles. The number of piperidine rings is 1. The van der Waals surface area contributed by atoms with Gasteiger partial charge in [0.15, 0.2) is 0 Å². The summed E-state index contributed by atoms with van der Waals surface area (Å²) in [4.78, 5) is 25.6. The molecule has 1 aliphatic rings. The summed E-state index contributed by atoms with van der Waals surface area (Å²) in [7, 11) is 1.63. The van der Waals surface area contributed by atoms with Gasteiger partial charge in [-0.15, -0.1) is 0 Å². The normalized spacial score (nSPS) is 21.5. The quantitative estimate of drug-likeness (QED) is 0.900. The predicted molar refractivity (Wildman–Crippen MR) is 84.4 cm³/mol. The number of nitrogens with two attached hydrogens (primary N) is 1. The lowest BCUT2D eigenvalue weighted by Crippen LogP contribution is -2.48. The van der Waals surface area contributed by atoms with Gasteiger partial charge in [-0.05, 0) is 43.9 Å². The van der Waals surface area contributed by atoms with Crippen LogP contribution in [0.2, 0.25) is 0 Å². The fourth-order valence-electron chi connectivity index (χ4n) is 2.91. The molecule has 120 valence electrons. The Morgan fingerprint density at radius 1 is 1.36 bits per heavy atom. The summed E-state index contributed by atoms with van der Waals surface area (Å²) in [6, 6.07) is 7.91. The molecule has 0 bridgehead atoms. The maximum Gasteiger partial charge on any atom is 0.223 e. The van der Waals surface area contributed by atoms with E-state index < -0.39 is 0 Å². The fraction of sp³-hybridized carbons (Fsp3) is 0.529. The number of aryl methyl sites for hydroxylation is 1. The molecule has 22 heavy (non-hydrogen) atoms. The Kier molecular flexibility index (Phi) is 5.41. The molecule has 0 spiro atoms. The monoisotopic (exact) mass is 304 g/mol. The van der Waals surface area contributed by atoms with Crippen molar-refractivity contribution in [2.75, 3.05) is 13.7 Å². The van der Waals surface area contributed by atoms with Gasteiger partial charge in [-0.2, -0.15) is 0 Å². The summed E-state index contributed by atoms with van der Waals surface area (Å²) in [5.74, 6) is 0.362. The Balaban J connectivity index is 1.94. The minimum Gasteiger partial charge on any atom is -0.497 e. The molecule has 0 unspecified atom stereocenters. The van der Waals surface area contributed by atoms with Crippen LogP contribution in [0.5, 0.6) is 5.75 Å². The highest BCUT2D eigenvalue weighted by Gasteiger charge is 2.31. The highest BCUT2D eigenvalue weighted by molar-refractivity contribution is 5.80. The van der Waals surface area contributed by atoms with Crippen molar-refractivity contribution in [3.05, 3.63) is 29.8 Å². The third-order valence-corrected chi connectivity index (χ3v) is 4.37. The van der Waals surface area contributed by atoms with Crippen LogP contribution in [0.1, 0.15) is 31.7 Å². The average Bonchev–Trinajstić information content (AvgIpc) is 2.53. The lowest BCUT2D eigenvalue weighted by Gasteiger charge is -2.37. The zero-order valence-electron chi connectivity index (χ0n) is 13.2. The number of hydrogen-bond donors (Lipinski definition) is 1. The second-order valence-electron chi connectivity index (χ2n) is 5.92. The van der Waals surface area contributed by atoms with Gasteiger partial charge in [0.1, 0.15) is 5.75 Å². The van der Waals surface area contributed by atoms with E-state index in [0.717, 1.165) is 24.2 Å². The number of hydrogen-bond acceptors (Lipinski definition) is 3. The SMILES string of the molecule is COc1cccc(CCC(=O)N2C[C@H](C(N)=O)CC[C@H]2C)c1. The number of rotatable bonds is 5. The number of carbonyl (C=O) groups is 2. The summed E-state index contributed by atoms with van der Waals surface area (Å²) in [6.07, 6.45) is 2.71. The van der Waals surface area contributed by atoms with Crippen molar-refractivity contribution in [1.29, 1.82) is 0 Å². The number of benzene rings is 1.